The molecule has 0 fully saturated rings. The van der Waals surface area contributed by atoms with Gasteiger partial charge in [0.15, 0.2) is 5.78 Å². The number of ether oxygens (including phenoxy) is 1. The molecule has 0 bridgehead atoms. The molecule has 0 saturated heterocycles. The van der Waals surface area contributed by atoms with E-state index in [4.69, 9.17) is 4.74 Å². The Morgan fingerprint density at radius 3 is 2.67 bits per heavy atom. The van der Waals surface area contributed by atoms with Gasteiger partial charge < -0.3 is 10.1 Å². The minimum absolute atomic E-state index is 0.137. The second-order valence-corrected chi connectivity index (χ2v) is 4.31. The number of halogens is 1. The molecule has 0 saturated carbocycles. The molecule has 0 unspecified atom stereocenters. The van der Waals surface area contributed by atoms with Crippen molar-refractivity contribution in [2.75, 3.05) is 11.9 Å². The highest BCUT2D eigenvalue weighted by Crippen LogP contribution is 2.13. The van der Waals surface area contributed by atoms with Gasteiger partial charge in [0.05, 0.1) is 6.61 Å². The third-order valence-electron chi connectivity index (χ3n) is 2.76. The summed E-state index contributed by atoms with van der Waals surface area (Å²) >= 11 is 0. The van der Waals surface area contributed by atoms with Crippen molar-refractivity contribution in [1.82, 2.24) is 0 Å². The van der Waals surface area contributed by atoms with Crippen molar-refractivity contribution in [1.29, 1.82) is 0 Å². The van der Waals surface area contributed by atoms with Gasteiger partial charge in [-0.1, -0.05) is 6.07 Å². The molecule has 3 nitrogen and oxygen atoms in total. The van der Waals surface area contributed by atoms with Crippen molar-refractivity contribution in [2.45, 2.75) is 6.92 Å². The van der Waals surface area contributed by atoms with Crippen molar-refractivity contribution >= 4 is 11.5 Å². The van der Waals surface area contributed by atoms with E-state index in [2.05, 4.69) is 5.32 Å². The van der Waals surface area contributed by atoms with Crippen LogP contribution in [0.3, 0.4) is 0 Å². The fourth-order valence-corrected chi connectivity index (χ4v) is 1.77. The molecular formula is C17H16FNO2. The maximum Gasteiger partial charge on any atom is 0.187 e. The third kappa shape index (κ3) is 4.45. The standard InChI is InChI=1S/C17H16FNO2/c1-2-21-16-8-6-13(7-9-16)17(20)10-11-19-15-5-3-4-14(18)12-15/h3-12,19H,2H2,1H3. The van der Waals surface area contributed by atoms with E-state index in [-0.39, 0.29) is 11.6 Å². The molecule has 1 N–H and O–H groups in total. The Bertz CT molecular complexity index is 635. The van der Waals surface area contributed by atoms with E-state index in [0.29, 0.717) is 17.9 Å². The largest absolute Gasteiger partial charge is 0.494 e. The summed E-state index contributed by atoms with van der Waals surface area (Å²) in [6.07, 6.45) is 2.90. The summed E-state index contributed by atoms with van der Waals surface area (Å²) in [6.45, 7) is 2.49. The Labute approximate surface area is 123 Å². The van der Waals surface area contributed by atoms with Crippen LogP contribution in [-0.2, 0) is 0 Å². The van der Waals surface area contributed by atoms with Crippen LogP contribution in [0.25, 0.3) is 0 Å². The molecule has 0 amide bonds. The number of benzene rings is 2. The number of carbonyl (C=O) groups is 1. The zero-order valence-corrected chi connectivity index (χ0v) is 11.7. The number of nitrogens with one attached hydrogen (secondary N) is 1. The van der Waals surface area contributed by atoms with E-state index in [1.807, 2.05) is 6.92 Å². The van der Waals surface area contributed by atoms with Crippen LogP contribution in [0.5, 0.6) is 5.75 Å². The summed E-state index contributed by atoms with van der Waals surface area (Å²) in [4.78, 5) is 11.9. The molecule has 4 heteroatoms. The quantitative estimate of drug-likeness (QED) is 0.643. The van der Waals surface area contributed by atoms with Gasteiger partial charge in [0.25, 0.3) is 0 Å². The molecule has 21 heavy (non-hydrogen) atoms. The normalized spacial score (nSPS) is 10.6. The summed E-state index contributed by atoms with van der Waals surface area (Å²) in [6, 6.07) is 13.0. The van der Waals surface area contributed by atoms with Crippen LogP contribution in [-0.4, -0.2) is 12.4 Å². The molecule has 2 rings (SSSR count). The second kappa shape index (κ2) is 7.24. The number of carbonyl (C=O) groups excluding carboxylic acids is 1. The van der Waals surface area contributed by atoms with Gasteiger partial charge >= 0.3 is 0 Å². The Balaban J connectivity index is 1.95. The lowest BCUT2D eigenvalue weighted by Gasteiger charge is -2.03. The van der Waals surface area contributed by atoms with Crippen LogP contribution in [0.1, 0.15) is 17.3 Å². The predicted octanol–water partition coefficient (Wildman–Crippen LogP) is 4.03. The summed E-state index contributed by atoms with van der Waals surface area (Å²) in [5, 5.41) is 2.85. The Hall–Kier alpha value is -2.62. The number of allylic oxidation sites excluding steroid dienone is 1. The third-order valence-corrected chi connectivity index (χ3v) is 2.76. The van der Waals surface area contributed by atoms with Gasteiger partial charge in [0.2, 0.25) is 0 Å². The fourth-order valence-electron chi connectivity index (χ4n) is 1.77. The van der Waals surface area contributed by atoms with E-state index in [0.717, 1.165) is 5.75 Å². The Kier molecular flexibility index (Phi) is 5.10. The number of hydrogen-bond donors (Lipinski definition) is 1. The summed E-state index contributed by atoms with van der Waals surface area (Å²) < 4.78 is 18.3. The molecule has 0 aliphatic heterocycles. The number of hydrogen-bond acceptors (Lipinski definition) is 3. The highest BCUT2D eigenvalue weighted by Gasteiger charge is 2.01. The van der Waals surface area contributed by atoms with Gasteiger partial charge in [-0.15, -0.1) is 0 Å². The summed E-state index contributed by atoms with van der Waals surface area (Å²) in [5.74, 6) is 0.268. The van der Waals surface area contributed by atoms with E-state index in [1.54, 1.807) is 36.4 Å². The first-order valence-corrected chi connectivity index (χ1v) is 6.65. The molecule has 0 aliphatic rings. The topological polar surface area (TPSA) is 38.3 Å². The monoisotopic (exact) mass is 285 g/mol. The van der Waals surface area contributed by atoms with Crippen LogP contribution in [0.15, 0.2) is 60.8 Å². The van der Waals surface area contributed by atoms with Crippen molar-refractivity contribution in [3.63, 3.8) is 0 Å². The minimum Gasteiger partial charge on any atom is -0.494 e. The number of ketones is 1. The number of rotatable bonds is 6. The Morgan fingerprint density at radius 1 is 1.24 bits per heavy atom. The van der Waals surface area contributed by atoms with Crippen LogP contribution >= 0.6 is 0 Å². The van der Waals surface area contributed by atoms with Crippen LogP contribution in [0.2, 0.25) is 0 Å². The first kappa shape index (κ1) is 14.8. The van der Waals surface area contributed by atoms with Crippen molar-refractivity contribution in [2.24, 2.45) is 0 Å². The zero-order chi connectivity index (χ0) is 15.1. The van der Waals surface area contributed by atoms with Gasteiger partial charge in [0, 0.05) is 23.5 Å². The summed E-state index contributed by atoms with van der Waals surface area (Å²) in [7, 11) is 0. The molecule has 0 atom stereocenters. The van der Waals surface area contributed by atoms with Gasteiger partial charge in [-0.25, -0.2) is 4.39 Å². The molecule has 0 heterocycles. The fraction of sp³-hybridized carbons (Fsp3) is 0.118. The van der Waals surface area contributed by atoms with Crippen molar-refractivity contribution in [3.05, 3.63) is 72.2 Å². The predicted molar refractivity (Wildman–Crippen MR) is 81.1 cm³/mol. The first-order valence-electron chi connectivity index (χ1n) is 6.65. The molecule has 0 aliphatic carbocycles. The van der Waals surface area contributed by atoms with Crippen molar-refractivity contribution in [3.8, 4) is 5.75 Å². The molecule has 108 valence electrons. The first-order chi connectivity index (χ1) is 10.2. The van der Waals surface area contributed by atoms with Crippen LogP contribution < -0.4 is 10.1 Å². The minimum atomic E-state index is -0.328. The van der Waals surface area contributed by atoms with Gasteiger partial charge in [-0.2, -0.15) is 0 Å². The molecule has 0 aromatic heterocycles. The lowest BCUT2D eigenvalue weighted by atomic mass is 10.1. The van der Waals surface area contributed by atoms with E-state index < -0.39 is 0 Å². The molecule has 2 aromatic carbocycles. The summed E-state index contributed by atoms with van der Waals surface area (Å²) in [5.41, 5.74) is 1.15. The lowest BCUT2D eigenvalue weighted by Crippen LogP contribution is -1.97. The highest BCUT2D eigenvalue weighted by atomic mass is 19.1. The molecule has 0 spiro atoms. The number of anilines is 1. The maximum absolute atomic E-state index is 13.0. The van der Waals surface area contributed by atoms with Crippen LogP contribution in [0, 0.1) is 5.82 Å². The average molecular weight is 285 g/mol. The van der Waals surface area contributed by atoms with E-state index in [9.17, 15) is 9.18 Å². The molecule has 0 radical (unpaired) electrons. The van der Waals surface area contributed by atoms with E-state index >= 15 is 0 Å². The average Bonchev–Trinajstić information content (AvgIpc) is 2.48. The SMILES string of the molecule is CCOc1ccc(C(=O)C=CNc2cccc(F)c2)cc1. The van der Waals surface area contributed by atoms with Crippen molar-refractivity contribution < 1.29 is 13.9 Å². The lowest BCUT2D eigenvalue weighted by molar-refractivity contribution is 0.104. The second-order valence-electron chi connectivity index (χ2n) is 4.31. The van der Waals surface area contributed by atoms with Gasteiger partial charge in [-0.05, 0) is 49.4 Å². The van der Waals surface area contributed by atoms with Gasteiger partial charge in [-0.3, -0.25) is 4.79 Å². The molecular weight excluding hydrogens is 269 g/mol. The van der Waals surface area contributed by atoms with E-state index in [1.165, 1.54) is 24.4 Å². The van der Waals surface area contributed by atoms with Gasteiger partial charge in [0.1, 0.15) is 11.6 Å². The van der Waals surface area contributed by atoms with Crippen LogP contribution in [0.4, 0.5) is 10.1 Å². The Morgan fingerprint density at radius 2 is 2.00 bits per heavy atom. The highest BCUT2D eigenvalue weighted by molar-refractivity contribution is 6.04. The smallest absolute Gasteiger partial charge is 0.187 e. The molecule has 2 aromatic rings. The maximum atomic E-state index is 13.0. The zero-order valence-electron chi connectivity index (χ0n) is 11.7.